The minimum Gasteiger partial charge on any atom is -0.337 e. The molecule has 130 valence electrons. The molecule has 0 spiro atoms. The van der Waals surface area contributed by atoms with E-state index in [9.17, 15) is 13.6 Å². The molecule has 0 saturated carbocycles. The van der Waals surface area contributed by atoms with Crippen LogP contribution >= 0.6 is 12.4 Å². The van der Waals surface area contributed by atoms with Crippen LogP contribution in [-0.2, 0) is 11.3 Å². The summed E-state index contributed by atoms with van der Waals surface area (Å²) in [5.41, 5.74) is 7.63. The first kappa shape index (κ1) is 20.1. The molecule has 3 nitrogen and oxygen atoms in total. The molecule has 24 heavy (non-hydrogen) atoms. The monoisotopic (exact) mass is 354 g/mol. The number of halogens is 3. The Labute approximate surface area is 146 Å². The number of hydrogen-bond donors (Lipinski definition) is 1. The first-order valence-electron chi connectivity index (χ1n) is 7.47. The Morgan fingerprint density at radius 3 is 2.17 bits per heavy atom. The highest BCUT2D eigenvalue weighted by Gasteiger charge is 2.23. The summed E-state index contributed by atoms with van der Waals surface area (Å²) in [5, 5.41) is 0. The van der Waals surface area contributed by atoms with Gasteiger partial charge < -0.3 is 10.6 Å². The SMILES string of the molecule is CCN(Cc1c(F)cccc1F)C(=O)C(N)c1ccc(C)cc1.Cl. The third-order valence-corrected chi connectivity index (χ3v) is 3.81. The number of hydrogen-bond acceptors (Lipinski definition) is 2. The average Bonchev–Trinajstić information content (AvgIpc) is 2.54. The highest BCUT2D eigenvalue weighted by Crippen LogP contribution is 2.19. The van der Waals surface area contributed by atoms with Crippen LogP contribution in [0.15, 0.2) is 42.5 Å². The van der Waals surface area contributed by atoms with Crippen molar-refractivity contribution in [2.75, 3.05) is 6.54 Å². The standard InChI is InChI=1S/C18H20F2N2O.ClH/c1-3-22(11-14-15(19)5-4-6-16(14)20)18(23)17(21)13-9-7-12(2)8-10-13;/h4-10,17H,3,11,21H2,1-2H3;1H. The van der Waals surface area contributed by atoms with Crippen molar-refractivity contribution in [3.05, 3.63) is 70.8 Å². The van der Waals surface area contributed by atoms with E-state index in [1.165, 1.54) is 23.1 Å². The van der Waals surface area contributed by atoms with E-state index in [0.29, 0.717) is 12.1 Å². The van der Waals surface area contributed by atoms with Gasteiger partial charge in [0, 0.05) is 12.1 Å². The van der Waals surface area contributed by atoms with E-state index in [0.717, 1.165) is 5.56 Å². The van der Waals surface area contributed by atoms with Crippen LogP contribution in [-0.4, -0.2) is 17.4 Å². The number of aryl methyl sites for hydroxylation is 1. The van der Waals surface area contributed by atoms with Crippen molar-refractivity contribution >= 4 is 18.3 Å². The molecule has 1 atom stereocenters. The zero-order valence-corrected chi connectivity index (χ0v) is 14.4. The minimum atomic E-state index is -0.856. The molecule has 0 radical (unpaired) electrons. The van der Waals surface area contributed by atoms with E-state index < -0.39 is 17.7 Å². The van der Waals surface area contributed by atoms with Gasteiger partial charge in [0.05, 0.1) is 6.54 Å². The molecule has 0 saturated heterocycles. The Hall–Kier alpha value is -1.98. The van der Waals surface area contributed by atoms with E-state index in [1.807, 2.05) is 19.1 Å². The highest BCUT2D eigenvalue weighted by molar-refractivity contribution is 5.85. The third kappa shape index (κ3) is 4.52. The van der Waals surface area contributed by atoms with Gasteiger partial charge in [0.2, 0.25) is 5.91 Å². The maximum absolute atomic E-state index is 13.8. The number of nitrogens with zero attached hydrogens (tertiary/aromatic N) is 1. The third-order valence-electron chi connectivity index (χ3n) is 3.81. The van der Waals surface area contributed by atoms with Crippen LogP contribution in [0.5, 0.6) is 0 Å². The van der Waals surface area contributed by atoms with Crippen molar-refractivity contribution in [2.45, 2.75) is 26.4 Å². The van der Waals surface area contributed by atoms with Gasteiger partial charge in [0.1, 0.15) is 17.7 Å². The second-order valence-electron chi connectivity index (χ2n) is 5.44. The van der Waals surface area contributed by atoms with Gasteiger partial charge in [-0.25, -0.2) is 8.78 Å². The molecular weight excluding hydrogens is 334 g/mol. The lowest BCUT2D eigenvalue weighted by atomic mass is 10.0. The van der Waals surface area contributed by atoms with E-state index in [1.54, 1.807) is 19.1 Å². The number of benzene rings is 2. The normalized spacial score (nSPS) is 11.5. The summed E-state index contributed by atoms with van der Waals surface area (Å²) in [6, 6.07) is 10.1. The van der Waals surface area contributed by atoms with Crippen LogP contribution < -0.4 is 5.73 Å². The predicted molar refractivity (Wildman–Crippen MR) is 92.8 cm³/mol. The van der Waals surface area contributed by atoms with Gasteiger partial charge >= 0.3 is 0 Å². The van der Waals surface area contributed by atoms with Crippen molar-refractivity contribution < 1.29 is 13.6 Å². The fourth-order valence-corrected chi connectivity index (χ4v) is 2.33. The number of nitrogens with two attached hydrogens (primary N) is 1. The van der Waals surface area contributed by atoms with Crippen molar-refractivity contribution in [1.82, 2.24) is 4.90 Å². The summed E-state index contributed by atoms with van der Waals surface area (Å²) in [5.74, 6) is -1.70. The predicted octanol–water partition coefficient (Wildman–Crippen LogP) is 3.74. The lowest BCUT2D eigenvalue weighted by Gasteiger charge is -2.25. The molecule has 0 heterocycles. The molecule has 0 bridgehead atoms. The van der Waals surface area contributed by atoms with Crippen LogP contribution in [0.1, 0.15) is 29.7 Å². The van der Waals surface area contributed by atoms with Crippen molar-refractivity contribution in [3.8, 4) is 0 Å². The fraction of sp³-hybridized carbons (Fsp3) is 0.278. The first-order valence-corrected chi connectivity index (χ1v) is 7.47. The molecular formula is C18H21ClF2N2O. The lowest BCUT2D eigenvalue weighted by molar-refractivity contribution is -0.133. The van der Waals surface area contributed by atoms with Gasteiger partial charge in [-0.1, -0.05) is 35.9 Å². The first-order chi connectivity index (χ1) is 10.9. The minimum absolute atomic E-state index is 0. The zero-order chi connectivity index (χ0) is 17.0. The maximum Gasteiger partial charge on any atom is 0.244 e. The maximum atomic E-state index is 13.8. The molecule has 2 aromatic rings. The average molecular weight is 355 g/mol. The quantitative estimate of drug-likeness (QED) is 0.889. The number of carbonyl (C=O) groups excluding carboxylic acids is 1. The van der Waals surface area contributed by atoms with Crippen molar-refractivity contribution in [3.63, 3.8) is 0 Å². The van der Waals surface area contributed by atoms with Crippen molar-refractivity contribution in [1.29, 1.82) is 0 Å². The molecule has 2 N–H and O–H groups in total. The Balaban J connectivity index is 0.00000288. The summed E-state index contributed by atoms with van der Waals surface area (Å²) in [6.07, 6.45) is 0. The Kier molecular flexibility index (Phi) is 7.32. The van der Waals surface area contributed by atoms with Gasteiger partial charge in [-0.15, -0.1) is 12.4 Å². The smallest absolute Gasteiger partial charge is 0.244 e. The molecule has 2 rings (SSSR count). The molecule has 1 unspecified atom stereocenters. The van der Waals surface area contributed by atoms with Crippen LogP contribution in [0.3, 0.4) is 0 Å². The molecule has 0 aliphatic heterocycles. The van der Waals surface area contributed by atoms with Gasteiger partial charge in [0.15, 0.2) is 0 Å². The summed E-state index contributed by atoms with van der Waals surface area (Å²) < 4.78 is 27.5. The Bertz CT molecular complexity index is 672. The van der Waals surface area contributed by atoms with Gasteiger partial charge in [-0.3, -0.25) is 4.79 Å². The largest absolute Gasteiger partial charge is 0.337 e. The summed E-state index contributed by atoms with van der Waals surface area (Å²) in [7, 11) is 0. The molecule has 0 fully saturated rings. The Morgan fingerprint density at radius 1 is 1.12 bits per heavy atom. The molecule has 0 aliphatic carbocycles. The second-order valence-corrected chi connectivity index (χ2v) is 5.44. The summed E-state index contributed by atoms with van der Waals surface area (Å²) in [6.45, 7) is 3.86. The van der Waals surface area contributed by atoms with Crippen LogP contribution in [0.4, 0.5) is 8.78 Å². The van der Waals surface area contributed by atoms with E-state index in [-0.39, 0.29) is 30.4 Å². The van der Waals surface area contributed by atoms with Crippen LogP contribution in [0.2, 0.25) is 0 Å². The van der Waals surface area contributed by atoms with Gasteiger partial charge in [0.25, 0.3) is 0 Å². The second kappa shape index (κ2) is 8.76. The fourth-order valence-electron chi connectivity index (χ4n) is 2.33. The summed E-state index contributed by atoms with van der Waals surface area (Å²) >= 11 is 0. The highest BCUT2D eigenvalue weighted by atomic mass is 35.5. The Morgan fingerprint density at radius 2 is 1.67 bits per heavy atom. The molecule has 0 aliphatic rings. The molecule has 2 aromatic carbocycles. The number of carbonyl (C=O) groups is 1. The van der Waals surface area contributed by atoms with Gasteiger partial charge in [-0.05, 0) is 31.5 Å². The molecule has 0 aromatic heterocycles. The van der Waals surface area contributed by atoms with E-state index in [2.05, 4.69) is 0 Å². The van der Waals surface area contributed by atoms with Crippen molar-refractivity contribution in [2.24, 2.45) is 5.73 Å². The van der Waals surface area contributed by atoms with E-state index in [4.69, 9.17) is 5.73 Å². The molecule has 1 amide bonds. The van der Waals surface area contributed by atoms with Gasteiger partial charge in [-0.2, -0.15) is 0 Å². The number of rotatable bonds is 5. The number of amides is 1. The topological polar surface area (TPSA) is 46.3 Å². The summed E-state index contributed by atoms with van der Waals surface area (Å²) in [4.78, 5) is 13.9. The molecule has 6 heteroatoms. The van der Waals surface area contributed by atoms with Crippen LogP contribution in [0.25, 0.3) is 0 Å². The number of likely N-dealkylation sites (N-methyl/N-ethyl adjacent to an activating group) is 1. The lowest BCUT2D eigenvalue weighted by Crippen LogP contribution is -2.38. The van der Waals surface area contributed by atoms with Crippen LogP contribution in [0, 0.1) is 18.6 Å². The zero-order valence-electron chi connectivity index (χ0n) is 13.6. The van der Waals surface area contributed by atoms with E-state index >= 15 is 0 Å².